The lowest BCUT2D eigenvalue weighted by Crippen LogP contribution is -2.46. The summed E-state index contributed by atoms with van der Waals surface area (Å²) in [5.74, 6) is -1.04. The molecule has 1 amide bonds. The maximum atomic E-state index is 13.3. The Bertz CT molecular complexity index is 831. The maximum absolute atomic E-state index is 13.3. The van der Waals surface area contributed by atoms with E-state index < -0.39 is 11.5 Å². The van der Waals surface area contributed by atoms with Crippen LogP contribution in [0.2, 0.25) is 0 Å². The van der Waals surface area contributed by atoms with Gasteiger partial charge in [0.15, 0.2) is 0 Å². The van der Waals surface area contributed by atoms with Crippen molar-refractivity contribution < 1.29 is 29.0 Å². The molecule has 1 aliphatic heterocycles. The molecule has 6 atom stereocenters. The van der Waals surface area contributed by atoms with Gasteiger partial charge in [0.25, 0.3) is 0 Å². The summed E-state index contributed by atoms with van der Waals surface area (Å²) in [6, 6.07) is 0. The Balaban J connectivity index is 1.87. The molecule has 34 heavy (non-hydrogen) atoms. The van der Waals surface area contributed by atoms with Gasteiger partial charge in [-0.25, -0.2) is 0 Å². The van der Waals surface area contributed by atoms with Gasteiger partial charge in [-0.3, -0.25) is 14.4 Å². The molecule has 7 nitrogen and oxygen atoms in total. The van der Waals surface area contributed by atoms with E-state index in [4.69, 9.17) is 9.47 Å². The Hall–Kier alpha value is -2.15. The lowest BCUT2D eigenvalue weighted by molar-refractivity contribution is -0.166. The molecule has 1 fully saturated rings. The molecule has 3 rings (SSSR count). The lowest BCUT2D eigenvalue weighted by Gasteiger charge is -2.43. The van der Waals surface area contributed by atoms with Crippen molar-refractivity contribution in [3.63, 3.8) is 0 Å². The summed E-state index contributed by atoms with van der Waals surface area (Å²) in [7, 11) is 1.81. The van der Waals surface area contributed by atoms with Crippen LogP contribution in [-0.4, -0.2) is 59.8 Å². The lowest BCUT2D eigenvalue weighted by atomic mass is 9.65. The molecule has 7 heteroatoms. The number of rotatable bonds is 8. The van der Waals surface area contributed by atoms with Crippen molar-refractivity contribution in [2.24, 2.45) is 23.2 Å². The molecular weight excluding hydrogens is 434 g/mol. The van der Waals surface area contributed by atoms with E-state index in [9.17, 15) is 19.5 Å². The number of esters is 2. The highest BCUT2D eigenvalue weighted by Crippen LogP contribution is 2.45. The number of carbonyl (C=O) groups is 3. The number of allylic oxidation sites excluding steroid dienone is 2. The summed E-state index contributed by atoms with van der Waals surface area (Å²) in [5, 5.41) is 10.0. The topological polar surface area (TPSA) is 93.1 Å². The fourth-order valence-electron chi connectivity index (χ4n) is 5.25. The Morgan fingerprint density at radius 3 is 2.65 bits per heavy atom. The highest BCUT2D eigenvalue weighted by Gasteiger charge is 2.45. The van der Waals surface area contributed by atoms with E-state index >= 15 is 0 Å². The molecule has 0 aromatic heterocycles. The minimum Gasteiger partial charge on any atom is -0.462 e. The highest BCUT2D eigenvalue weighted by molar-refractivity contribution is 5.81. The predicted molar refractivity (Wildman–Crippen MR) is 129 cm³/mol. The van der Waals surface area contributed by atoms with Crippen LogP contribution in [0.15, 0.2) is 23.8 Å². The van der Waals surface area contributed by atoms with Crippen molar-refractivity contribution in [3.05, 3.63) is 23.8 Å². The van der Waals surface area contributed by atoms with Gasteiger partial charge in [-0.1, -0.05) is 25.2 Å². The van der Waals surface area contributed by atoms with E-state index in [-0.39, 0.29) is 54.2 Å². The van der Waals surface area contributed by atoms with Crippen LogP contribution in [0.1, 0.15) is 72.6 Å². The Morgan fingerprint density at radius 2 is 2.00 bits per heavy atom. The van der Waals surface area contributed by atoms with E-state index in [1.54, 1.807) is 11.9 Å². The number of hydrogen-bond acceptors (Lipinski definition) is 6. The van der Waals surface area contributed by atoms with E-state index in [0.29, 0.717) is 32.2 Å². The summed E-state index contributed by atoms with van der Waals surface area (Å²) in [6.07, 6.45) is 8.76. The third-order valence-electron chi connectivity index (χ3n) is 7.92. The van der Waals surface area contributed by atoms with Gasteiger partial charge in [0, 0.05) is 25.9 Å². The average Bonchev–Trinajstić information content (AvgIpc) is 2.80. The second-order valence-electron chi connectivity index (χ2n) is 10.7. The van der Waals surface area contributed by atoms with Gasteiger partial charge in [0.1, 0.15) is 12.2 Å². The van der Waals surface area contributed by atoms with Crippen LogP contribution < -0.4 is 0 Å². The SMILES string of the molecule is CCN(C)C(=O)[C@H]1C=CC2=CCC[C@H](OC(=O)C(C)(C)CC)[C@@H]2[C@@H]1CC[C@@H]1C[C@@H](O)CC(=O)O1. The van der Waals surface area contributed by atoms with Crippen molar-refractivity contribution in [1.29, 1.82) is 0 Å². The number of fused-ring (bicyclic) bond motifs is 1. The van der Waals surface area contributed by atoms with Crippen molar-refractivity contribution in [2.45, 2.75) is 91.0 Å². The molecule has 3 aliphatic rings. The predicted octanol–water partition coefficient (Wildman–Crippen LogP) is 3.80. The summed E-state index contributed by atoms with van der Waals surface area (Å²) in [4.78, 5) is 39.9. The van der Waals surface area contributed by atoms with E-state index in [0.717, 1.165) is 18.4 Å². The zero-order valence-corrected chi connectivity index (χ0v) is 21.3. The first kappa shape index (κ1) is 26.5. The number of nitrogens with zero attached hydrogens (tertiary/aromatic N) is 1. The molecule has 1 N–H and O–H groups in total. The van der Waals surface area contributed by atoms with Crippen molar-refractivity contribution in [1.82, 2.24) is 4.90 Å². The third kappa shape index (κ3) is 5.91. The minimum atomic E-state index is -0.684. The molecule has 0 spiro atoms. The van der Waals surface area contributed by atoms with Crippen LogP contribution in [0.25, 0.3) is 0 Å². The number of aliphatic hydroxyl groups is 1. The molecule has 1 heterocycles. The second kappa shape index (κ2) is 11.1. The van der Waals surface area contributed by atoms with Crippen LogP contribution in [0.4, 0.5) is 0 Å². The molecule has 0 bridgehead atoms. The Morgan fingerprint density at radius 1 is 1.26 bits per heavy atom. The van der Waals surface area contributed by atoms with Crippen molar-refractivity contribution >= 4 is 17.8 Å². The molecule has 0 aromatic carbocycles. The van der Waals surface area contributed by atoms with Crippen LogP contribution in [-0.2, 0) is 23.9 Å². The van der Waals surface area contributed by atoms with Gasteiger partial charge in [-0.2, -0.15) is 0 Å². The number of cyclic esters (lactones) is 1. The first-order valence-electron chi connectivity index (χ1n) is 12.8. The van der Waals surface area contributed by atoms with Gasteiger partial charge in [-0.15, -0.1) is 0 Å². The number of amides is 1. The van der Waals surface area contributed by atoms with Crippen molar-refractivity contribution in [3.8, 4) is 0 Å². The fraction of sp³-hybridized carbons (Fsp3) is 0.741. The third-order valence-corrected chi connectivity index (χ3v) is 7.92. The van der Waals surface area contributed by atoms with Crippen LogP contribution in [0.3, 0.4) is 0 Å². The first-order chi connectivity index (χ1) is 16.1. The van der Waals surface area contributed by atoms with E-state index in [1.165, 1.54) is 0 Å². The Labute approximate surface area is 203 Å². The molecule has 0 unspecified atom stereocenters. The minimum absolute atomic E-state index is 0.0336. The van der Waals surface area contributed by atoms with E-state index in [2.05, 4.69) is 6.08 Å². The van der Waals surface area contributed by atoms with Crippen LogP contribution >= 0.6 is 0 Å². The second-order valence-corrected chi connectivity index (χ2v) is 10.7. The number of carbonyl (C=O) groups excluding carboxylic acids is 3. The zero-order chi connectivity index (χ0) is 25.0. The fourth-order valence-corrected chi connectivity index (χ4v) is 5.25. The van der Waals surface area contributed by atoms with Crippen LogP contribution in [0.5, 0.6) is 0 Å². The van der Waals surface area contributed by atoms with Gasteiger partial charge >= 0.3 is 11.9 Å². The van der Waals surface area contributed by atoms with Crippen molar-refractivity contribution in [2.75, 3.05) is 13.6 Å². The van der Waals surface area contributed by atoms with E-state index in [1.807, 2.05) is 39.8 Å². The normalized spacial score (nSPS) is 31.2. The quantitative estimate of drug-likeness (QED) is 0.537. The van der Waals surface area contributed by atoms with Gasteiger partial charge < -0.3 is 19.5 Å². The molecule has 2 aliphatic carbocycles. The number of hydrogen-bond donors (Lipinski definition) is 1. The largest absolute Gasteiger partial charge is 0.462 e. The maximum Gasteiger partial charge on any atom is 0.311 e. The van der Waals surface area contributed by atoms with Gasteiger partial charge in [0.05, 0.1) is 23.9 Å². The summed E-state index contributed by atoms with van der Waals surface area (Å²) < 4.78 is 11.6. The summed E-state index contributed by atoms with van der Waals surface area (Å²) >= 11 is 0. The molecule has 1 saturated heterocycles. The van der Waals surface area contributed by atoms with Crippen LogP contribution in [0, 0.1) is 23.2 Å². The number of ether oxygens (including phenoxy) is 2. The summed E-state index contributed by atoms with van der Waals surface area (Å²) in [6.45, 7) is 8.34. The molecule has 190 valence electrons. The molecule has 0 aromatic rings. The summed E-state index contributed by atoms with van der Waals surface area (Å²) in [5.41, 5.74) is 0.554. The standard InChI is InChI=1S/C27H41NO6/c1-6-27(3,4)26(32)34-22-10-8-9-17-11-13-21(25(31)28(5)7-2)20(24(17)22)14-12-19-15-18(29)16-23(30)33-19/h9,11,13,18-22,24,29H,6-8,10,12,14-16H2,1-5H3/t18-,19-,20-,21+,22+,24+/m1/s1. The monoisotopic (exact) mass is 475 g/mol. The first-order valence-corrected chi connectivity index (χ1v) is 12.8. The Kier molecular flexibility index (Phi) is 8.61. The average molecular weight is 476 g/mol. The highest BCUT2D eigenvalue weighted by atomic mass is 16.6. The van der Waals surface area contributed by atoms with Gasteiger partial charge in [-0.05, 0) is 64.4 Å². The molecule has 0 saturated carbocycles. The molecule has 0 radical (unpaired) electrons. The molecular formula is C27H41NO6. The smallest absolute Gasteiger partial charge is 0.311 e. The van der Waals surface area contributed by atoms with Gasteiger partial charge in [0.2, 0.25) is 5.91 Å². The number of aliphatic hydroxyl groups excluding tert-OH is 1. The zero-order valence-electron chi connectivity index (χ0n) is 21.3.